The van der Waals surface area contributed by atoms with E-state index in [1.165, 1.54) is 0 Å². The molecule has 1 N–H and O–H groups in total. The lowest BCUT2D eigenvalue weighted by Gasteiger charge is -2.08. The third-order valence-electron chi connectivity index (χ3n) is 2.35. The van der Waals surface area contributed by atoms with E-state index in [4.69, 9.17) is 5.11 Å². The van der Waals surface area contributed by atoms with Gasteiger partial charge in [0.1, 0.15) is 0 Å². The zero-order chi connectivity index (χ0) is 9.97. The molecule has 14 heavy (non-hydrogen) atoms. The molecule has 1 heterocycles. The minimum atomic E-state index is 0.203. The molecule has 74 valence electrons. The average Bonchev–Trinajstić information content (AvgIpc) is 2.62. The Balaban J connectivity index is 2.33. The maximum atomic E-state index is 8.96. The van der Waals surface area contributed by atoms with E-state index in [1.54, 1.807) is 0 Å². The second-order valence-electron chi connectivity index (χ2n) is 3.67. The SMILES string of the molecule is CC(CO)Cn1ncc2ccccc21. The highest BCUT2D eigenvalue weighted by Crippen LogP contribution is 2.13. The Hall–Kier alpha value is -1.35. The lowest BCUT2D eigenvalue weighted by atomic mass is 10.2. The standard InChI is InChI=1S/C11H14N2O/c1-9(8-14)7-13-11-5-3-2-4-10(11)6-12-13/h2-6,9,14H,7-8H2,1H3. The van der Waals surface area contributed by atoms with Crippen molar-refractivity contribution in [2.24, 2.45) is 5.92 Å². The number of hydrogen-bond acceptors (Lipinski definition) is 2. The molecule has 0 amide bonds. The fourth-order valence-electron chi connectivity index (χ4n) is 1.52. The maximum absolute atomic E-state index is 8.96. The summed E-state index contributed by atoms with van der Waals surface area (Å²) in [6.07, 6.45) is 1.86. The molecule has 3 heteroatoms. The van der Waals surface area contributed by atoms with Crippen LogP contribution in [-0.4, -0.2) is 21.5 Å². The van der Waals surface area contributed by atoms with Crippen molar-refractivity contribution in [2.45, 2.75) is 13.5 Å². The van der Waals surface area contributed by atoms with E-state index in [0.717, 1.165) is 17.4 Å². The van der Waals surface area contributed by atoms with E-state index in [2.05, 4.69) is 5.10 Å². The lowest BCUT2D eigenvalue weighted by Crippen LogP contribution is -2.11. The molecule has 1 aromatic carbocycles. The van der Waals surface area contributed by atoms with E-state index in [0.29, 0.717) is 0 Å². The van der Waals surface area contributed by atoms with E-state index >= 15 is 0 Å². The zero-order valence-electron chi connectivity index (χ0n) is 8.22. The first-order valence-corrected chi connectivity index (χ1v) is 4.82. The summed E-state index contributed by atoms with van der Waals surface area (Å²) in [6.45, 7) is 2.98. The van der Waals surface area contributed by atoms with Crippen LogP contribution in [0.25, 0.3) is 10.9 Å². The molecule has 0 bridgehead atoms. The summed E-state index contributed by atoms with van der Waals surface area (Å²) in [5, 5.41) is 14.4. The van der Waals surface area contributed by atoms with Crippen molar-refractivity contribution >= 4 is 10.9 Å². The molecule has 0 aliphatic rings. The summed E-state index contributed by atoms with van der Waals surface area (Å²) in [6, 6.07) is 8.10. The number of fused-ring (bicyclic) bond motifs is 1. The van der Waals surface area contributed by atoms with Crippen molar-refractivity contribution in [3.63, 3.8) is 0 Å². The van der Waals surface area contributed by atoms with Gasteiger partial charge < -0.3 is 5.11 Å². The summed E-state index contributed by atoms with van der Waals surface area (Å²) < 4.78 is 1.94. The molecule has 2 aromatic rings. The normalized spacial score (nSPS) is 13.3. The molecule has 0 aliphatic carbocycles. The van der Waals surface area contributed by atoms with Crippen LogP contribution in [0.4, 0.5) is 0 Å². The van der Waals surface area contributed by atoms with Crippen molar-refractivity contribution in [3.8, 4) is 0 Å². The topological polar surface area (TPSA) is 38.0 Å². The molecule has 1 aromatic heterocycles. The Morgan fingerprint density at radius 1 is 1.43 bits per heavy atom. The molecule has 2 rings (SSSR count). The van der Waals surface area contributed by atoms with Crippen LogP contribution in [0.3, 0.4) is 0 Å². The van der Waals surface area contributed by atoms with Crippen LogP contribution in [0.5, 0.6) is 0 Å². The van der Waals surface area contributed by atoms with Gasteiger partial charge in [-0.15, -0.1) is 0 Å². The molecule has 0 spiro atoms. The molecule has 0 saturated heterocycles. The first-order valence-electron chi connectivity index (χ1n) is 4.82. The lowest BCUT2D eigenvalue weighted by molar-refractivity contribution is 0.220. The van der Waals surface area contributed by atoms with Gasteiger partial charge in [0.05, 0.1) is 11.7 Å². The molecule has 0 fully saturated rings. The second kappa shape index (κ2) is 3.80. The van der Waals surface area contributed by atoms with Gasteiger partial charge in [0.2, 0.25) is 0 Å². The van der Waals surface area contributed by atoms with Crippen LogP contribution < -0.4 is 0 Å². The first-order chi connectivity index (χ1) is 6.81. The predicted octanol–water partition coefficient (Wildman–Crippen LogP) is 1.66. The molecule has 1 unspecified atom stereocenters. The highest BCUT2D eigenvalue weighted by molar-refractivity contribution is 5.78. The largest absolute Gasteiger partial charge is 0.396 e. The molecule has 3 nitrogen and oxygen atoms in total. The minimum absolute atomic E-state index is 0.203. The van der Waals surface area contributed by atoms with Crippen LogP contribution in [0, 0.1) is 5.92 Å². The van der Waals surface area contributed by atoms with Gasteiger partial charge in [-0.05, 0) is 12.0 Å². The Morgan fingerprint density at radius 3 is 3.00 bits per heavy atom. The smallest absolute Gasteiger partial charge is 0.0682 e. The highest BCUT2D eigenvalue weighted by atomic mass is 16.3. The van der Waals surface area contributed by atoms with E-state index in [9.17, 15) is 0 Å². The number of benzene rings is 1. The number of aromatic nitrogens is 2. The van der Waals surface area contributed by atoms with Crippen LogP contribution in [-0.2, 0) is 6.54 Å². The van der Waals surface area contributed by atoms with Crippen LogP contribution >= 0.6 is 0 Å². The fourth-order valence-corrected chi connectivity index (χ4v) is 1.52. The van der Waals surface area contributed by atoms with Gasteiger partial charge in [-0.2, -0.15) is 5.10 Å². The summed E-state index contributed by atoms with van der Waals surface area (Å²) in [7, 11) is 0. The Bertz CT molecular complexity index is 422. The number of para-hydroxylation sites is 1. The van der Waals surface area contributed by atoms with Crippen molar-refractivity contribution < 1.29 is 5.11 Å². The van der Waals surface area contributed by atoms with Crippen LogP contribution in [0.15, 0.2) is 30.5 Å². The monoisotopic (exact) mass is 190 g/mol. The van der Waals surface area contributed by atoms with Gasteiger partial charge in [0, 0.05) is 18.5 Å². The third kappa shape index (κ3) is 1.63. The van der Waals surface area contributed by atoms with Crippen molar-refractivity contribution in [2.75, 3.05) is 6.61 Å². The summed E-state index contributed by atoms with van der Waals surface area (Å²) in [5.41, 5.74) is 1.13. The average molecular weight is 190 g/mol. The molecule has 1 atom stereocenters. The molecular formula is C11H14N2O. The number of aliphatic hydroxyl groups excluding tert-OH is 1. The van der Waals surface area contributed by atoms with Crippen LogP contribution in [0.2, 0.25) is 0 Å². The van der Waals surface area contributed by atoms with Gasteiger partial charge in [-0.25, -0.2) is 0 Å². The molecular weight excluding hydrogens is 176 g/mol. The van der Waals surface area contributed by atoms with E-state index in [1.807, 2.05) is 42.1 Å². The highest BCUT2D eigenvalue weighted by Gasteiger charge is 2.05. The Morgan fingerprint density at radius 2 is 2.21 bits per heavy atom. The number of aliphatic hydroxyl groups is 1. The maximum Gasteiger partial charge on any atom is 0.0682 e. The van der Waals surface area contributed by atoms with Crippen molar-refractivity contribution in [1.29, 1.82) is 0 Å². The predicted molar refractivity (Wildman–Crippen MR) is 56.0 cm³/mol. The Labute approximate surface area is 83.0 Å². The zero-order valence-corrected chi connectivity index (χ0v) is 8.22. The fraction of sp³-hybridized carbons (Fsp3) is 0.364. The van der Waals surface area contributed by atoms with Crippen molar-refractivity contribution in [1.82, 2.24) is 9.78 Å². The number of rotatable bonds is 3. The molecule has 0 saturated carbocycles. The summed E-state index contributed by atoms with van der Waals surface area (Å²) >= 11 is 0. The van der Waals surface area contributed by atoms with Gasteiger partial charge >= 0.3 is 0 Å². The van der Waals surface area contributed by atoms with E-state index in [-0.39, 0.29) is 12.5 Å². The van der Waals surface area contributed by atoms with Crippen molar-refractivity contribution in [3.05, 3.63) is 30.5 Å². The number of hydrogen-bond donors (Lipinski definition) is 1. The molecule has 0 radical (unpaired) electrons. The van der Waals surface area contributed by atoms with Gasteiger partial charge in [0.25, 0.3) is 0 Å². The van der Waals surface area contributed by atoms with Gasteiger partial charge in [-0.3, -0.25) is 4.68 Å². The minimum Gasteiger partial charge on any atom is -0.396 e. The molecule has 0 aliphatic heterocycles. The van der Waals surface area contributed by atoms with Gasteiger partial charge in [-0.1, -0.05) is 25.1 Å². The van der Waals surface area contributed by atoms with Crippen LogP contribution in [0.1, 0.15) is 6.92 Å². The quantitative estimate of drug-likeness (QED) is 0.799. The summed E-state index contributed by atoms with van der Waals surface area (Å²) in [4.78, 5) is 0. The second-order valence-corrected chi connectivity index (χ2v) is 3.67. The van der Waals surface area contributed by atoms with E-state index < -0.39 is 0 Å². The number of nitrogens with zero attached hydrogens (tertiary/aromatic N) is 2. The van der Waals surface area contributed by atoms with Gasteiger partial charge in [0.15, 0.2) is 0 Å². The summed E-state index contributed by atoms with van der Waals surface area (Å²) in [5.74, 6) is 0.248. The Kier molecular flexibility index (Phi) is 2.50. The first kappa shape index (κ1) is 9.21. The third-order valence-corrected chi connectivity index (χ3v) is 2.35.